The van der Waals surface area contributed by atoms with E-state index in [4.69, 9.17) is 0 Å². The van der Waals surface area contributed by atoms with Crippen LogP contribution >= 0.6 is 0 Å². The van der Waals surface area contributed by atoms with Crippen LogP contribution in [0.25, 0.3) is 0 Å². The molecule has 1 saturated heterocycles. The van der Waals surface area contributed by atoms with Gasteiger partial charge in [-0.2, -0.15) is 5.01 Å². The first-order chi connectivity index (χ1) is 16.7. The maximum atomic E-state index is 13.4. The van der Waals surface area contributed by atoms with Crippen molar-refractivity contribution in [1.82, 2.24) is 10.0 Å². The fourth-order valence-electron chi connectivity index (χ4n) is 4.54. The first kappa shape index (κ1) is 23.7. The maximum absolute atomic E-state index is 13.4. The fourth-order valence-corrected chi connectivity index (χ4v) is 4.54. The summed E-state index contributed by atoms with van der Waals surface area (Å²) in [6.45, 7) is -0.764. The average molecular weight is 480 g/mol. The topological polar surface area (TPSA) is 161 Å². The Morgan fingerprint density at radius 2 is 1.34 bits per heavy atom. The van der Waals surface area contributed by atoms with Crippen LogP contribution in [0, 0.1) is 32.1 Å². The van der Waals surface area contributed by atoms with Gasteiger partial charge in [0.2, 0.25) is 0 Å². The summed E-state index contributed by atoms with van der Waals surface area (Å²) in [5, 5.41) is 23.6. The van der Waals surface area contributed by atoms with Gasteiger partial charge in [-0.1, -0.05) is 31.0 Å². The highest BCUT2D eigenvalue weighted by molar-refractivity contribution is 6.09. The number of hydrogen-bond acceptors (Lipinski definition) is 8. The summed E-state index contributed by atoms with van der Waals surface area (Å²) in [7, 11) is 0. The molecule has 2 aliphatic rings. The molecule has 0 aromatic heterocycles. The standard InChI is InChI=1S/C23H20N4O8/c28-20(14-5-3-7-16(11-14)26(32)33)13-24(21(29)15-6-4-8-17(12-15)27(34)35)25-22(30)18-9-1-2-10-19(18)23(25)31/h3-8,11-12,18-19H,1-2,9-10,13H2/t18-,19-/m0/s1. The Morgan fingerprint density at radius 1 is 0.857 bits per heavy atom. The van der Waals surface area contributed by atoms with E-state index in [-0.39, 0.29) is 22.5 Å². The molecule has 0 unspecified atom stereocenters. The molecule has 1 aliphatic carbocycles. The van der Waals surface area contributed by atoms with Crippen LogP contribution in [-0.4, -0.2) is 49.9 Å². The van der Waals surface area contributed by atoms with Crippen molar-refractivity contribution in [2.45, 2.75) is 25.7 Å². The molecule has 0 N–H and O–H groups in total. The number of carbonyl (C=O) groups excluding carboxylic acids is 4. The van der Waals surface area contributed by atoms with Crippen molar-refractivity contribution in [3.63, 3.8) is 0 Å². The summed E-state index contributed by atoms with van der Waals surface area (Å²) in [4.78, 5) is 73.7. The van der Waals surface area contributed by atoms with E-state index < -0.39 is 51.7 Å². The largest absolute Gasteiger partial charge is 0.292 e. The van der Waals surface area contributed by atoms with Crippen LogP contribution in [0.3, 0.4) is 0 Å². The van der Waals surface area contributed by atoms with Crippen molar-refractivity contribution in [2.75, 3.05) is 6.54 Å². The summed E-state index contributed by atoms with van der Waals surface area (Å²) >= 11 is 0. The van der Waals surface area contributed by atoms with Crippen molar-refractivity contribution in [2.24, 2.45) is 11.8 Å². The van der Waals surface area contributed by atoms with Crippen LogP contribution in [0.2, 0.25) is 0 Å². The van der Waals surface area contributed by atoms with Crippen LogP contribution in [-0.2, 0) is 9.59 Å². The Kier molecular flexibility index (Phi) is 6.36. The van der Waals surface area contributed by atoms with Gasteiger partial charge in [0.25, 0.3) is 29.1 Å². The predicted octanol–water partition coefficient (Wildman–Crippen LogP) is 2.92. The molecule has 12 heteroatoms. The number of non-ortho nitro benzene ring substituents is 2. The molecule has 3 amide bonds. The monoisotopic (exact) mass is 480 g/mol. The van der Waals surface area contributed by atoms with Crippen LogP contribution in [0.1, 0.15) is 46.4 Å². The van der Waals surface area contributed by atoms with Crippen LogP contribution in [0.5, 0.6) is 0 Å². The van der Waals surface area contributed by atoms with E-state index in [0.29, 0.717) is 22.9 Å². The molecule has 12 nitrogen and oxygen atoms in total. The summed E-state index contributed by atoms with van der Waals surface area (Å²) in [5.41, 5.74) is -1.01. The third-order valence-corrected chi connectivity index (χ3v) is 6.27. The summed E-state index contributed by atoms with van der Waals surface area (Å²) < 4.78 is 0. The molecule has 4 rings (SSSR count). The first-order valence-corrected chi connectivity index (χ1v) is 10.9. The fraction of sp³-hybridized carbons (Fsp3) is 0.304. The van der Waals surface area contributed by atoms with Gasteiger partial charge in [0.15, 0.2) is 5.78 Å². The molecular weight excluding hydrogens is 460 g/mol. The molecule has 1 aliphatic heterocycles. The van der Waals surface area contributed by atoms with Gasteiger partial charge in [0, 0.05) is 35.4 Å². The van der Waals surface area contributed by atoms with Gasteiger partial charge < -0.3 is 0 Å². The predicted molar refractivity (Wildman–Crippen MR) is 119 cm³/mol. The van der Waals surface area contributed by atoms with Crippen molar-refractivity contribution < 1.29 is 29.0 Å². The zero-order valence-electron chi connectivity index (χ0n) is 18.4. The van der Waals surface area contributed by atoms with E-state index in [1.54, 1.807) is 0 Å². The molecule has 2 aromatic rings. The van der Waals surface area contributed by atoms with Gasteiger partial charge in [0.1, 0.15) is 6.54 Å². The van der Waals surface area contributed by atoms with Gasteiger partial charge in [0.05, 0.1) is 21.7 Å². The highest BCUT2D eigenvalue weighted by Gasteiger charge is 2.51. The van der Waals surface area contributed by atoms with Crippen molar-refractivity contribution in [1.29, 1.82) is 0 Å². The number of carbonyl (C=O) groups is 4. The van der Waals surface area contributed by atoms with E-state index >= 15 is 0 Å². The third-order valence-electron chi connectivity index (χ3n) is 6.27. The Hall–Kier alpha value is -4.48. The Labute approximate surface area is 198 Å². The van der Waals surface area contributed by atoms with E-state index in [1.165, 1.54) is 36.4 Å². The summed E-state index contributed by atoms with van der Waals surface area (Å²) in [6.07, 6.45) is 2.45. The van der Waals surface area contributed by atoms with Crippen LogP contribution in [0.15, 0.2) is 48.5 Å². The molecule has 1 heterocycles. The first-order valence-electron chi connectivity index (χ1n) is 10.9. The number of amides is 3. The number of hydrazine groups is 1. The zero-order chi connectivity index (χ0) is 25.3. The highest BCUT2D eigenvalue weighted by atomic mass is 16.6. The minimum atomic E-state index is -0.951. The minimum absolute atomic E-state index is 0.0902. The van der Waals surface area contributed by atoms with Crippen molar-refractivity contribution in [3.8, 4) is 0 Å². The zero-order valence-corrected chi connectivity index (χ0v) is 18.4. The van der Waals surface area contributed by atoms with Crippen molar-refractivity contribution >= 4 is 34.9 Å². The van der Waals surface area contributed by atoms with Crippen LogP contribution < -0.4 is 0 Å². The third kappa shape index (κ3) is 4.50. The van der Waals surface area contributed by atoms with E-state index in [1.807, 2.05) is 0 Å². The summed E-state index contributed by atoms with van der Waals surface area (Å²) in [5.74, 6) is -4.12. The number of nitro benzene ring substituents is 2. The number of benzene rings is 2. The second-order valence-corrected chi connectivity index (χ2v) is 8.39. The molecule has 0 bridgehead atoms. The van der Waals surface area contributed by atoms with E-state index in [9.17, 15) is 39.4 Å². The number of ketones is 1. The van der Waals surface area contributed by atoms with E-state index in [0.717, 1.165) is 25.0 Å². The Balaban J connectivity index is 1.72. The molecular formula is C23H20N4O8. The second-order valence-electron chi connectivity index (χ2n) is 8.39. The molecule has 2 fully saturated rings. The second kappa shape index (κ2) is 9.41. The quantitative estimate of drug-likeness (QED) is 0.253. The Morgan fingerprint density at radius 3 is 1.86 bits per heavy atom. The number of nitrogens with zero attached hydrogens (tertiary/aromatic N) is 4. The molecule has 180 valence electrons. The highest BCUT2D eigenvalue weighted by Crippen LogP contribution is 2.39. The van der Waals surface area contributed by atoms with E-state index in [2.05, 4.69) is 0 Å². The number of rotatable bonds is 7. The number of nitro groups is 2. The number of Topliss-reactive ketones (excluding diaryl/α,β-unsaturated/α-hetero) is 1. The smallest absolute Gasteiger partial charge is 0.273 e. The van der Waals surface area contributed by atoms with Gasteiger partial charge >= 0.3 is 0 Å². The average Bonchev–Trinajstić information content (AvgIpc) is 3.12. The van der Waals surface area contributed by atoms with Crippen LogP contribution in [0.4, 0.5) is 11.4 Å². The lowest BCUT2D eigenvalue weighted by Gasteiger charge is -2.30. The molecule has 1 saturated carbocycles. The van der Waals surface area contributed by atoms with Gasteiger partial charge in [-0.05, 0) is 18.9 Å². The molecule has 0 radical (unpaired) electrons. The maximum Gasteiger partial charge on any atom is 0.273 e. The SMILES string of the molecule is O=C(CN(C(=O)c1cccc([N+](=O)[O-])c1)N1C(=O)[C@H]2CCCC[C@@H]2C1=O)c1cccc([N+](=O)[O-])c1. The minimum Gasteiger partial charge on any atom is -0.292 e. The summed E-state index contributed by atoms with van der Waals surface area (Å²) in [6, 6.07) is 9.57. The normalized spacial score (nSPS) is 19.3. The molecule has 2 atom stereocenters. The van der Waals surface area contributed by atoms with Gasteiger partial charge in [-0.3, -0.25) is 39.4 Å². The number of fused-ring (bicyclic) bond motifs is 1. The van der Waals surface area contributed by atoms with Gasteiger partial charge in [-0.25, -0.2) is 5.01 Å². The number of imide groups is 1. The lowest BCUT2D eigenvalue weighted by atomic mass is 9.81. The lowest BCUT2D eigenvalue weighted by molar-refractivity contribution is -0.385. The van der Waals surface area contributed by atoms with Gasteiger partial charge in [-0.15, -0.1) is 0 Å². The molecule has 0 spiro atoms. The number of hydrogen-bond donors (Lipinski definition) is 0. The van der Waals surface area contributed by atoms with Crippen molar-refractivity contribution in [3.05, 3.63) is 79.9 Å². The molecule has 35 heavy (non-hydrogen) atoms. The Bertz CT molecular complexity index is 1240. The molecule has 2 aromatic carbocycles. The lowest BCUT2D eigenvalue weighted by Crippen LogP contribution is -2.52.